The first-order chi connectivity index (χ1) is 8.50. The molecule has 0 bridgehead atoms. The van der Waals surface area contributed by atoms with Crippen LogP contribution in [-0.4, -0.2) is 0 Å². The third-order valence-electron chi connectivity index (χ3n) is 2.75. The van der Waals surface area contributed by atoms with E-state index in [2.05, 4.69) is 82.2 Å². The summed E-state index contributed by atoms with van der Waals surface area (Å²) < 4.78 is 0. The van der Waals surface area contributed by atoms with Crippen LogP contribution in [-0.2, 0) is 14.2 Å². The van der Waals surface area contributed by atoms with Crippen molar-refractivity contribution in [1.82, 2.24) is 0 Å². The Morgan fingerprint density at radius 3 is 1.67 bits per heavy atom. The van der Waals surface area contributed by atoms with E-state index in [0.29, 0.717) is 0 Å². The van der Waals surface area contributed by atoms with Gasteiger partial charge in [-0.15, -0.1) is 17.2 Å². The summed E-state index contributed by atoms with van der Waals surface area (Å²) in [6, 6.07) is 17.3. The van der Waals surface area contributed by atoms with Crippen LogP contribution in [0.25, 0.3) is 11.1 Å². The smallest absolute Gasteiger partial charge is 0.00712 e. The summed E-state index contributed by atoms with van der Waals surface area (Å²) in [6.45, 7) is 0. The average Bonchev–Trinajstić information content (AvgIpc) is 2.38. The topological polar surface area (TPSA) is 0 Å². The number of benzene rings is 2. The molecule has 2 unspecified atom stereocenters. The van der Waals surface area contributed by atoms with Crippen molar-refractivity contribution in [2.75, 3.05) is 0 Å². The summed E-state index contributed by atoms with van der Waals surface area (Å²) >= 11 is 0. The quantitative estimate of drug-likeness (QED) is 0.684. The van der Waals surface area contributed by atoms with Crippen LogP contribution in [0.15, 0.2) is 53.4 Å². The van der Waals surface area contributed by atoms with Crippen LogP contribution >= 0.6 is 33.7 Å². The Kier molecular flexibility index (Phi) is 4.99. The first-order valence-corrected chi connectivity index (χ1v) is 11.9. The van der Waals surface area contributed by atoms with E-state index >= 15 is 0 Å². The molecule has 18 heavy (non-hydrogen) atoms. The van der Waals surface area contributed by atoms with Crippen LogP contribution < -0.4 is 0 Å². The lowest BCUT2D eigenvalue weighted by molar-refractivity contribution is 1.41. The third-order valence-corrected chi connectivity index (χ3v) is 6.47. The molecule has 0 heterocycles. The van der Waals surface area contributed by atoms with E-state index < -0.39 is 8.00 Å². The Labute approximate surface area is 118 Å². The van der Waals surface area contributed by atoms with Gasteiger partial charge in [0.15, 0.2) is 0 Å². The molecule has 0 radical (unpaired) electrons. The lowest BCUT2D eigenvalue weighted by atomic mass is 10.0. The standard InChI is InChI=1S/C13H16P4S/c14-9-10-1-3-11(4-2-10)12-5-7-13(8-6-12)18(15,16)17/h1-8,15-16H,9,14,17H2. The molecule has 0 saturated carbocycles. The van der Waals surface area contributed by atoms with E-state index in [4.69, 9.17) is 0 Å². The van der Waals surface area contributed by atoms with E-state index in [1.165, 1.54) is 21.6 Å². The number of hydrogen-bond acceptors (Lipinski definition) is 0. The Morgan fingerprint density at radius 1 is 0.833 bits per heavy atom. The van der Waals surface area contributed by atoms with Gasteiger partial charge in [0, 0.05) is 4.90 Å². The van der Waals surface area contributed by atoms with Gasteiger partial charge in [0.25, 0.3) is 0 Å². The van der Waals surface area contributed by atoms with Crippen LogP contribution in [0.2, 0.25) is 0 Å². The van der Waals surface area contributed by atoms with Crippen molar-refractivity contribution in [3.05, 3.63) is 54.1 Å². The van der Waals surface area contributed by atoms with Crippen LogP contribution in [0.1, 0.15) is 5.56 Å². The van der Waals surface area contributed by atoms with Gasteiger partial charge in [-0.25, -0.2) is 0 Å². The first-order valence-electron chi connectivity index (χ1n) is 5.50. The largest absolute Gasteiger partial charge is 0.133 e. The Morgan fingerprint density at radius 2 is 1.28 bits per heavy atom. The SMILES string of the molecule is P=S(=P)(P)c1ccc(-c2ccc(CP)cc2)cc1. The molecule has 0 fully saturated rings. The van der Waals surface area contributed by atoms with Crippen molar-refractivity contribution in [3.63, 3.8) is 0 Å². The molecule has 0 N–H and O–H groups in total. The minimum Gasteiger partial charge on any atom is -0.133 e. The lowest BCUT2D eigenvalue weighted by Gasteiger charge is -2.08. The summed E-state index contributed by atoms with van der Waals surface area (Å²) in [7, 11) is 11.8. The maximum Gasteiger partial charge on any atom is 0.00712 e. The molecule has 0 nitrogen and oxygen atoms in total. The zero-order valence-corrected chi connectivity index (χ0v) is 15.0. The highest BCUT2D eigenvalue weighted by molar-refractivity contribution is 8.68. The second-order valence-corrected chi connectivity index (χ2v) is 16.3. The molecule has 2 aromatic carbocycles. The molecular formula is C13H16P4S. The zero-order valence-electron chi connectivity index (χ0n) is 9.89. The first kappa shape index (κ1) is 14.7. The molecule has 2 aromatic rings. The van der Waals surface area contributed by atoms with Gasteiger partial charge < -0.3 is 0 Å². The van der Waals surface area contributed by atoms with E-state index in [9.17, 15) is 0 Å². The summed E-state index contributed by atoms with van der Waals surface area (Å²) in [5.74, 6) is 0. The van der Waals surface area contributed by atoms with Crippen molar-refractivity contribution in [2.24, 2.45) is 0 Å². The monoisotopic (exact) mass is 328 g/mol. The van der Waals surface area contributed by atoms with Crippen LogP contribution in [0, 0.1) is 0 Å². The van der Waals surface area contributed by atoms with Crippen molar-refractivity contribution in [1.29, 1.82) is 0 Å². The summed E-state index contributed by atoms with van der Waals surface area (Å²) in [6.07, 6.45) is 1.00. The average molecular weight is 328 g/mol. The fourth-order valence-electron chi connectivity index (χ4n) is 1.70. The van der Waals surface area contributed by atoms with E-state index in [-0.39, 0.29) is 0 Å². The molecule has 2 rings (SSSR count). The molecular weight excluding hydrogens is 312 g/mol. The fraction of sp³-hybridized carbons (Fsp3) is 0.0769. The minimum absolute atomic E-state index is 1.00. The predicted molar refractivity (Wildman–Crippen MR) is 97.3 cm³/mol. The van der Waals surface area contributed by atoms with Crippen molar-refractivity contribution in [3.8, 4) is 11.1 Å². The second kappa shape index (κ2) is 6.13. The van der Waals surface area contributed by atoms with Crippen molar-refractivity contribution in [2.45, 2.75) is 11.1 Å². The van der Waals surface area contributed by atoms with Gasteiger partial charge in [-0.3, -0.25) is 0 Å². The highest BCUT2D eigenvalue weighted by atomic mass is 33.1. The zero-order chi connectivity index (χ0) is 13.2. The molecule has 0 aliphatic heterocycles. The van der Waals surface area contributed by atoms with E-state index in [1.807, 2.05) is 0 Å². The van der Waals surface area contributed by atoms with Crippen LogP contribution in [0.3, 0.4) is 0 Å². The highest BCUT2D eigenvalue weighted by Gasteiger charge is 2.00. The lowest BCUT2D eigenvalue weighted by Crippen LogP contribution is -1.83. The number of hydrogen-bond donors (Lipinski definition) is 0. The summed E-state index contributed by atoms with van der Waals surface area (Å²) in [5.41, 5.74) is 3.85. The molecule has 0 spiro atoms. The Balaban J connectivity index is 2.34. The van der Waals surface area contributed by atoms with Gasteiger partial charge in [-0.05, 0) is 35.0 Å². The van der Waals surface area contributed by atoms with Crippen LogP contribution in [0.4, 0.5) is 0 Å². The molecule has 5 heteroatoms. The van der Waals surface area contributed by atoms with Gasteiger partial charge in [0.05, 0.1) is 0 Å². The molecule has 0 saturated heterocycles. The Bertz CT molecular complexity index is 628. The Hall–Kier alpha value is 0.250. The summed E-state index contributed by atoms with van der Waals surface area (Å²) in [5, 5.41) is 0. The van der Waals surface area contributed by atoms with E-state index in [1.54, 1.807) is 0 Å². The van der Waals surface area contributed by atoms with Gasteiger partial charge in [0.2, 0.25) is 0 Å². The molecule has 0 aliphatic rings. The molecule has 2 atom stereocenters. The maximum absolute atomic E-state index is 3.70. The third kappa shape index (κ3) is 3.63. The minimum atomic E-state index is -1.09. The van der Waals surface area contributed by atoms with Crippen LogP contribution in [0.5, 0.6) is 0 Å². The van der Waals surface area contributed by atoms with Gasteiger partial charge in [0.1, 0.15) is 0 Å². The summed E-state index contributed by atoms with van der Waals surface area (Å²) in [4.78, 5) is 1.26. The van der Waals surface area contributed by atoms with Gasteiger partial charge >= 0.3 is 0 Å². The second-order valence-electron chi connectivity index (χ2n) is 4.09. The van der Waals surface area contributed by atoms with Gasteiger partial charge in [-0.2, -0.15) is 0 Å². The maximum atomic E-state index is 3.70. The molecule has 94 valence electrons. The van der Waals surface area contributed by atoms with Crippen molar-refractivity contribution < 1.29 is 0 Å². The molecule has 0 aromatic heterocycles. The number of rotatable bonds is 3. The highest BCUT2D eigenvalue weighted by Crippen LogP contribution is 2.29. The van der Waals surface area contributed by atoms with Gasteiger partial charge in [-0.1, -0.05) is 60.9 Å². The van der Waals surface area contributed by atoms with Crippen molar-refractivity contribution >= 4 is 41.7 Å². The predicted octanol–water partition coefficient (Wildman–Crippen LogP) is 5.15. The molecule has 0 aliphatic carbocycles. The normalized spacial score (nSPS) is 11.4. The fourth-order valence-corrected chi connectivity index (χ4v) is 3.82. The molecule has 0 amide bonds. The van der Waals surface area contributed by atoms with E-state index in [0.717, 1.165) is 6.16 Å².